The van der Waals surface area contributed by atoms with Crippen LogP contribution in [0.5, 0.6) is 0 Å². The molecule has 10 aromatic rings. The summed E-state index contributed by atoms with van der Waals surface area (Å²) in [5.41, 5.74) is 17.8. The molecule has 3 heterocycles. The van der Waals surface area contributed by atoms with Gasteiger partial charge in [-0.2, -0.15) is 12.1 Å². The Balaban J connectivity index is 0.00000494. The summed E-state index contributed by atoms with van der Waals surface area (Å²) in [5, 5.41) is 2.29. The van der Waals surface area contributed by atoms with Gasteiger partial charge in [-0.1, -0.05) is 167 Å². The third-order valence-electron chi connectivity index (χ3n) is 13.6. The van der Waals surface area contributed by atoms with Crippen molar-refractivity contribution in [2.24, 2.45) is 0 Å². The van der Waals surface area contributed by atoms with Crippen LogP contribution in [0.3, 0.4) is 0 Å². The number of hydrogen-bond donors (Lipinski definition) is 0. The van der Waals surface area contributed by atoms with Crippen LogP contribution >= 0.6 is 0 Å². The number of benzene rings is 8. The fourth-order valence-corrected chi connectivity index (χ4v) is 10.3. The maximum absolute atomic E-state index is 4.96. The minimum absolute atomic E-state index is 0. The Labute approximate surface area is 407 Å². The smallest absolute Gasteiger partial charge is 0.135 e. The van der Waals surface area contributed by atoms with E-state index < -0.39 is 0 Å². The van der Waals surface area contributed by atoms with Gasteiger partial charge in [0.05, 0.1) is 0 Å². The third-order valence-corrected chi connectivity index (χ3v) is 13.6. The predicted molar refractivity (Wildman–Crippen MR) is 274 cm³/mol. The molecule has 0 saturated carbocycles. The van der Waals surface area contributed by atoms with Crippen LogP contribution in [-0.2, 0) is 31.9 Å². The molecule has 0 bridgehead atoms. The molecule has 1 aliphatic heterocycles. The molecule has 0 N–H and O–H groups in total. The van der Waals surface area contributed by atoms with Crippen LogP contribution in [0.1, 0.15) is 51.3 Å². The van der Waals surface area contributed by atoms with Gasteiger partial charge in [0.1, 0.15) is 5.82 Å². The number of anilines is 7. The molecular formula is C61H48N5Pt-3. The SMILES string of the molecule is CC(C)(C)c1ccnc(-n2c3[c-]c(N(c4[c-]c(N5[CH-]N(c6c(-c7ccccc7)ccc7c6-c6ccccc6C7(C)C)c6ccccc65)ccc4)c4ccccc4)ccc3c3ccccc32)c1.[Pt]. The number of pyridine rings is 1. The first-order chi connectivity index (χ1) is 32.1. The van der Waals surface area contributed by atoms with E-state index in [1.807, 2.05) is 6.20 Å². The Bertz CT molecular complexity index is 3490. The zero-order valence-corrected chi connectivity index (χ0v) is 40.4. The second-order valence-electron chi connectivity index (χ2n) is 19.0. The van der Waals surface area contributed by atoms with Crippen molar-refractivity contribution < 1.29 is 21.1 Å². The van der Waals surface area contributed by atoms with Crippen LogP contribution in [0.2, 0.25) is 0 Å². The standard InChI is InChI=1S/C61H48N5.Pt/c1-60(2,3)42-35-36-62-57(37-42)66-53-28-15-13-25-48(53)49-32-31-46(39-56(49)66)65(43-21-10-7-11-22-43)45-24-18-23-44(38-45)63-40-64(55-30-17-16-29-54(55)63)59-47(41-19-8-6-9-20-41)33-34-52-58(59)50-26-12-14-27-51(50)61(52,4)5;/h6-37,40H,1-5H3;/q-3;. The van der Waals surface area contributed by atoms with Crippen molar-refractivity contribution in [1.82, 2.24) is 9.55 Å². The van der Waals surface area contributed by atoms with Crippen molar-refractivity contribution in [3.63, 3.8) is 0 Å². The van der Waals surface area contributed by atoms with Gasteiger partial charge in [0, 0.05) is 72.1 Å². The van der Waals surface area contributed by atoms with E-state index in [0.29, 0.717) is 0 Å². The Morgan fingerprint density at radius 3 is 2.06 bits per heavy atom. The summed E-state index contributed by atoms with van der Waals surface area (Å²) in [6, 6.07) is 75.3. The number of aromatic nitrogens is 2. The van der Waals surface area contributed by atoms with Gasteiger partial charge in [0.15, 0.2) is 0 Å². The van der Waals surface area contributed by atoms with E-state index in [4.69, 9.17) is 4.98 Å². The zero-order chi connectivity index (χ0) is 44.7. The van der Waals surface area contributed by atoms with E-state index in [1.165, 1.54) is 44.6 Å². The average Bonchev–Trinajstić information content (AvgIpc) is 3.97. The molecule has 2 aromatic heterocycles. The Morgan fingerprint density at radius 1 is 0.582 bits per heavy atom. The monoisotopic (exact) mass is 1050 g/mol. The fourth-order valence-electron chi connectivity index (χ4n) is 10.3. The molecule has 0 unspecified atom stereocenters. The molecule has 6 heteroatoms. The van der Waals surface area contributed by atoms with Gasteiger partial charge in [-0.3, -0.25) is 0 Å². The molecule has 0 radical (unpaired) electrons. The molecule has 1 aliphatic carbocycles. The molecule has 2 aliphatic rings. The van der Waals surface area contributed by atoms with Crippen molar-refractivity contribution in [3.8, 4) is 28.1 Å². The van der Waals surface area contributed by atoms with Gasteiger partial charge in [0.25, 0.3) is 0 Å². The van der Waals surface area contributed by atoms with E-state index in [1.54, 1.807) is 0 Å². The average molecular weight is 1050 g/mol. The van der Waals surface area contributed by atoms with Gasteiger partial charge in [-0.15, -0.1) is 48.1 Å². The summed E-state index contributed by atoms with van der Waals surface area (Å²) < 4.78 is 2.26. The van der Waals surface area contributed by atoms with Crippen molar-refractivity contribution in [1.29, 1.82) is 0 Å². The number of rotatable bonds is 7. The normalized spacial score (nSPS) is 13.6. The topological polar surface area (TPSA) is 27.5 Å². The molecule has 0 saturated heterocycles. The third kappa shape index (κ3) is 6.90. The Morgan fingerprint density at radius 2 is 1.27 bits per heavy atom. The Kier molecular flexibility index (Phi) is 10.3. The van der Waals surface area contributed by atoms with E-state index in [0.717, 1.165) is 61.7 Å². The summed E-state index contributed by atoms with van der Waals surface area (Å²) in [6.07, 6.45) is 1.93. The summed E-state index contributed by atoms with van der Waals surface area (Å²) in [6.45, 7) is 13.7. The second-order valence-corrected chi connectivity index (χ2v) is 19.0. The predicted octanol–water partition coefficient (Wildman–Crippen LogP) is 15.9. The van der Waals surface area contributed by atoms with Crippen molar-refractivity contribution in [3.05, 3.63) is 230 Å². The molecule has 0 amide bonds. The van der Waals surface area contributed by atoms with Gasteiger partial charge in [0.2, 0.25) is 0 Å². The number of hydrogen-bond acceptors (Lipinski definition) is 4. The summed E-state index contributed by atoms with van der Waals surface area (Å²) in [7, 11) is 0. The minimum atomic E-state index is -0.154. The van der Waals surface area contributed by atoms with Crippen molar-refractivity contribution in [2.45, 2.75) is 45.4 Å². The van der Waals surface area contributed by atoms with Gasteiger partial charge in [-0.05, 0) is 81.1 Å². The first-order valence-corrected chi connectivity index (χ1v) is 22.8. The summed E-state index contributed by atoms with van der Waals surface area (Å²) >= 11 is 0. The quantitative estimate of drug-likeness (QED) is 0.149. The maximum atomic E-state index is 4.96. The number of para-hydroxylation sites is 4. The van der Waals surface area contributed by atoms with E-state index in [-0.39, 0.29) is 31.9 Å². The van der Waals surface area contributed by atoms with Crippen LogP contribution in [-0.4, -0.2) is 9.55 Å². The molecule has 0 fully saturated rings. The maximum Gasteiger partial charge on any atom is 0.135 e. The molecule has 5 nitrogen and oxygen atoms in total. The first kappa shape index (κ1) is 42.4. The van der Waals surface area contributed by atoms with Crippen molar-refractivity contribution in [2.75, 3.05) is 14.7 Å². The molecule has 330 valence electrons. The molecule has 0 spiro atoms. The van der Waals surface area contributed by atoms with E-state index >= 15 is 0 Å². The summed E-state index contributed by atoms with van der Waals surface area (Å²) in [5.74, 6) is 0.876. The fraction of sp³-hybridized carbons (Fsp3) is 0.115. The molecule has 12 rings (SSSR count). The Hall–Kier alpha value is -7.20. The van der Waals surface area contributed by atoms with Crippen LogP contribution in [0.25, 0.3) is 49.9 Å². The zero-order valence-electron chi connectivity index (χ0n) is 38.1. The molecule has 67 heavy (non-hydrogen) atoms. The van der Waals surface area contributed by atoms with E-state index in [2.05, 4.69) is 261 Å². The molecular weight excluding hydrogens is 998 g/mol. The molecule has 0 atom stereocenters. The van der Waals surface area contributed by atoms with Crippen LogP contribution in [0.4, 0.5) is 39.8 Å². The van der Waals surface area contributed by atoms with Gasteiger partial charge < -0.3 is 19.3 Å². The largest absolute Gasteiger partial charge is 0.493 e. The van der Waals surface area contributed by atoms with Crippen molar-refractivity contribution >= 4 is 61.6 Å². The minimum Gasteiger partial charge on any atom is -0.493 e. The molecule has 8 aromatic carbocycles. The van der Waals surface area contributed by atoms with Gasteiger partial charge >= 0.3 is 0 Å². The summed E-state index contributed by atoms with van der Waals surface area (Å²) in [4.78, 5) is 11.9. The van der Waals surface area contributed by atoms with Crippen LogP contribution < -0.4 is 14.7 Å². The van der Waals surface area contributed by atoms with Gasteiger partial charge in [-0.25, -0.2) is 4.98 Å². The van der Waals surface area contributed by atoms with Crippen LogP contribution in [0.15, 0.2) is 194 Å². The first-order valence-electron chi connectivity index (χ1n) is 22.8. The number of fused-ring (bicyclic) bond motifs is 7. The number of nitrogens with zero attached hydrogens (tertiary/aromatic N) is 5. The second kappa shape index (κ2) is 16.3. The van der Waals surface area contributed by atoms with E-state index in [9.17, 15) is 0 Å². The van der Waals surface area contributed by atoms with Crippen LogP contribution in [0, 0.1) is 18.8 Å².